The fourth-order valence-corrected chi connectivity index (χ4v) is 6.28. The number of rotatable bonds is 7. The maximum atomic E-state index is 13.9. The third-order valence-corrected chi connectivity index (χ3v) is 8.35. The molecule has 40 heavy (non-hydrogen) atoms. The molecule has 0 radical (unpaired) electrons. The van der Waals surface area contributed by atoms with Crippen LogP contribution in [0.2, 0.25) is 5.02 Å². The Kier molecular flexibility index (Phi) is 7.85. The number of Topliss-reactive ketones (excluding diaryl/α,β-unsaturated/α-hetero) is 1. The first kappa shape index (κ1) is 27.7. The SMILES string of the molecule is COc1ccc([C@@H]2CC(=O)C3=C(C2)NC(C)=C(C(=O)OC2CCCC2)[C@H]3c2cc([N+](=O)[O-])ccc2Cl)cc1OC. The molecule has 1 heterocycles. The first-order chi connectivity index (χ1) is 19.2. The highest BCUT2D eigenvalue weighted by molar-refractivity contribution is 6.31. The lowest BCUT2D eigenvalue weighted by molar-refractivity contribution is -0.384. The third-order valence-electron chi connectivity index (χ3n) is 8.00. The molecule has 10 heteroatoms. The van der Waals surface area contributed by atoms with Crippen LogP contribution in [0.25, 0.3) is 0 Å². The van der Waals surface area contributed by atoms with Crippen molar-refractivity contribution >= 4 is 29.0 Å². The number of allylic oxidation sites excluding steroid dienone is 3. The number of nitro groups is 1. The number of benzene rings is 2. The number of carbonyl (C=O) groups is 2. The van der Waals surface area contributed by atoms with Crippen molar-refractivity contribution in [3.8, 4) is 11.5 Å². The van der Waals surface area contributed by atoms with E-state index in [0.29, 0.717) is 40.5 Å². The first-order valence-corrected chi connectivity index (χ1v) is 13.7. The van der Waals surface area contributed by atoms with Crippen molar-refractivity contribution in [3.63, 3.8) is 0 Å². The number of hydrogen-bond acceptors (Lipinski definition) is 8. The summed E-state index contributed by atoms with van der Waals surface area (Å²) in [6.45, 7) is 1.76. The van der Waals surface area contributed by atoms with Crippen molar-refractivity contribution in [2.45, 2.75) is 63.4 Å². The van der Waals surface area contributed by atoms with Crippen molar-refractivity contribution in [1.29, 1.82) is 0 Å². The number of hydrogen-bond donors (Lipinski definition) is 1. The van der Waals surface area contributed by atoms with Crippen LogP contribution >= 0.6 is 11.6 Å². The van der Waals surface area contributed by atoms with E-state index < -0.39 is 16.8 Å². The van der Waals surface area contributed by atoms with Gasteiger partial charge in [0, 0.05) is 46.5 Å². The van der Waals surface area contributed by atoms with Gasteiger partial charge in [0.15, 0.2) is 17.3 Å². The van der Waals surface area contributed by atoms with Crippen LogP contribution in [0.1, 0.15) is 68.4 Å². The van der Waals surface area contributed by atoms with E-state index in [4.69, 9.17) is 25.8 Å². The summed E-state index contributed by atoms with van der Waals surface area (Å²) in [4.78, 5) is 38.7. The Labute approximate surface area is 237 Å². The van der Waals surface area contributed by atoms with Crippen LogP contribution in [-0.2, 0) is 14.3 Å². The molecule has 1 saturated carbocycles. The van der Waals surface area contributed by atoms with Gasteiger partial charge in [0.1, 0.15) is 6.10 Å². The molecule has 5 rings (SSSR count). The third kappa shape index (κ3) is 5.18. The van der Waals surface area contributed by atoms with Crippen molar-refractivity contribution in [2.24, 2.45) is 0 Å². The fourth-order valence-electron chi connectivity index (χ4n) is 6.05. The van der Waals surface area contributed by atoms with Gasteiger partial charge < -0.3 is 19.5 Å². The number of non-ortho nitro benzene ring substituents is 1. The van der Waals surface area contributed by atoms with Crippen molar-refractivity contribution in [1.82, 2.24) is 5.32 Å². The molecule has 0 spiro atoms. The summed E-state index contributed by atoms with van der Waals surface area (Å²) in [5.41, 5.74) is 2.92. The Morgan fingerprint density at radius 2 is 1.77 bits per heavy atom. The van der Waals surface area contributed by atoms with E-state index in [1.165, 1.54) is 18.2 Å². The summed E-state index contributed by atoms with van der Waals surface area (Å²) in [5.74, 6) is -0.589. The van der Waals surface area contributed by atoms with Crippen LogP contribution < -0.4 is 14.8 Å². The van der Waals surface area contributed by atoms with Gasteiger partial charge in [0.25, 0.3) is 5.69 Å². The van der Waals surface area contributed by atoms with Crippen LogP contribution in [0.3, 0.4) is 0 Å². The quantitative estimate of drug-likeness (QED) is 0.242. The van der Waals surface area contributed by atoms with Crippen LogP contribution in [-0.4, -0.2) is 37.0 Å². The summed E-state index contributed by atoms with van der Waals surface area (Å²) in [5, 5.41) is 15.2. The molecule has 2 aliphatic carbocycles. The zero-order valence-electron chi connectivity index (χ0n) is 22.6. The molecule has 2 aromatic rings. The maximum absolute atomic E-state index is 13.9. The predicted molar refractivity (Wildman–Crippen MR) is 149 cm³/mol. The van der Waals surface area contributed by atoms with Crippen LogP contribution in [0, 0.1) is 10.1 Å². The van der Waals surface area contributed by atoms with Crippen LogP contribution in [0.4, 0.5) is 5.69 Å². The van der Waals surface area contributed by atoms with E-state index in [1.54, 1.807) is 21.1 Å². The number of dihydropyridines is 1. The lowest BCUT2D eigenvalue weighted by atomic mass is 9.71. The number of carbonyl (C=O) groups excluding carboxylic acids is 2. The lowest BCUT2D eigenvalue weighted by Crippen LogP contribution is -2.36. The zero-order valence-corrected chi connectivity index (χ0v) is 23.4. The summed E-state index contributed by atoms with van der Waals surface area (Å²) in [6, 6.07) is 9.69. The number of esters is 1. The van der Waals surface area contributed by atoms with E-state index in [1.807, 2.05) is 18.2 Å². The van der Waals surface area contributed by atoms with Gasteiger partial charge in [-0.05, 0) is 74.3 Å². The van der Waals surface area contributed by atoms with E-state index in [-0.39, 0.29) is 40.5 Å². The molecule has 2 atom stereocenters. The summed E-state index contributed by atoms with van der Waals surface area (Å²) < 4.78 is 16.7. The number of methoxy groups -OCH3 is 2. The molecular weight excluding hydrogens is 536 g/mol. The smallest absolute Gasteiger partial charge is 0.337 e. The minimum atomic E-state index is -0.892. The Bertz CT molecular complexity index is 1440. The molecule has 0 aromatic heterocycles. The number of nitrogens with zero attached hydrogens (tertiary/aromatic N) is 1. The summed E-state index contributed by atoms with van der Waals surface area (Å²) in [6.07, 6.45) is 4.02. The molecule has 1 N–H and O–H groups in total. The largest absolute Gasteiger partial charge is 0.493 e. The highest BCUT2D eigenvalue weighted by Gasteiger charge is 2.43. The topological polar surface area (TPSA) is 117 Å². The predicted octanol–water partition coefficient (Wildman–Crippen LogP) is 6.11. The maximum Gasteiger partial charge on any atom is 0.337 e. The minimum absolute atomic E-state index is 0.153. The van der Waals surface area contributed by atoms with Gasteiger partial charge in [0.05, 0.1) is 24.7 Å². The van der Waals surface area contributed by atoms with E-state index in [9.17, 15) is 19.7 Å². The van der Waals surface area contributed by atoms with Crippen molar-refractivity contribution < 1.29 is 28.7 Å². The number of nitrogens with one attached hydrogen (secondary N) is 1. The number of halogens is 1. The van der Waals surface area contributed by atoms with Gasteiger partial charge in [-0.3, -0.25) is 14.9 Å². The molecule has 9 nitrogen and oxygen atoms in total. The Balaban J connectivity index is 1.59. The number of ketones is 1. The highest BCUT2D eigenvalue weighted by atomic mass is 35.5. The molecule has 1 aliphatic heterocycles. The summed E-state index contributed by atoms with van der Waals surface area (Å²) in [7, 11) is 3.12. The average Bonchev–Trinajstić information content (AvgIpc) is 3.44. The Morgan fingerprint density at radius 3 is 2.45 bits per heavy atom. The van der Waals surface area contributed by atoms with Gasteiger partial charge in [-0.15, -0.1) is 0 Å². The lowest BCUT2D eigenvalue weighted by Gasteiger charge is -2.37. The molecule has 0 bridgehead atoms. The van der Waals surface area contributed by atoms with Crippen molar-refractivity contribution in [3.05, 3.63) is 85.2 Å². The molecule has 0 amide bonds. The second kappa shape index (κ2) is 11.3. The molecule has 210 valence electrons. The Morgan fingerprint density at radius 1 is 1.05 bits per heavy atom. The Hall–Kier alpha value is -3.85. The number of ether oxygens (including phenoxy) is 3. The second-order valence-electron chi connectivity index (χ2n) is 10.4. The van der Waals surface area contributed by atoms with Crippen LogP contribution in [0.15, 0.2) is 58.9 Å². The fraction of sp³-hybridized carbons (Fsp3) is 0.400. The highest BCUT2D eigenvalue weighted by Crippen LogP contribution is 2.48. The molecular formula is C30H31ClN2O7. The summed E-state index contributed by atoms with van der Waals surface area (Å²) >= 11 is 6.61. The molecule has 1 fully saturated rings. The van der Waals surface area contributed by atoms with Gasteiger partial charge in [-0.2, -0.15) is 0 Å². The molecule has 0 unspecified atom stereocenters. The average molecular weight is 567 g/mol. The van der Waals surface area contributed by atoms with E-state index in [2.05, 4.69) is 5.32 Å². The van der Waals surface area contributed by atoms with Gasteiger partial charge in [-0.25, -0.2) is 4.79 Å². The normalized spacial score (nSPS) is 21.1. The second-order valence-corrected chi connectivity index (χ2v) is 10.8. The van der Waals surface area contributed by atoms with Gasteiger partial charge >= 0.3 is 5.97 Å². The first-order valence-electron chi connectivity index (χ1n) is 13.3. The standard InChI is InChI=1S/C30H31ClN2O7/c1-16-27(30(35)40-20-6-4-5-7-20)28(21-15-19(33(36)37)9-10-22(21)31)29-23(32-16)12-18(13-24(29)34)17-8-11-25(38-2)26(14-17)39-3/h8-11,14-15,18,20,28,32H,4-7,12-13H2,1-3H3/t18-,28+/m0/s1. The van der Waals surface area contributed by atoms with E-state index in [0.717, 1.165) is 31.2 Å². The van der Waals surface area contributed by atoms with Gasteiger partial charge in [0.2, 0.25) is 0 Å². The molecule has 2 aromatic carbocycles. The number of nitro benzene ring substituents is 1. The molecule has 3 aliphatic rings. The van der Waals surface area contributed by atoms with Gasteiger partial charge in [-0.1, -0.05) is 17.7 Å². The van der Waals surface area contributed by atoms with Crippen LogP contribution in [0.5, 0.6) is 11.5 Å². The monoisotopic (exact) mass is 566 g/mol. The zero-order chi connectivity index (χ0) is 28.6. The van der Waals surface area contributed by atoms with E-state index >= 15 is 0 Å². The van der Waals surface area contributed by atoms with Crippen molar-refractivity contribution in [2.75, 3.05) is 14.2 Å². The minimum Gasteiger partial charge on any atom is -0.493 e. The molecule has 0 saturated heterocycles.